The molecule has 1 aromatic carbocycles. The maximum absolute atomic E-state index is 12.3. The predicted octanol–water partition coefficient (Wildman–Crippen LogP) is 3.67. The first-order valence-corrected chi connectivity index (χ1v) is 7.05. The Balaban J connectivity index is 1.76. The summed E-state index contributed by atoms with van der Waals surface area (Å²) in [5.74, 6) is 0.0942. The molecule has 3 rings (SSSR count). The Hall–Kier alpha value is -1.54. The van der Waals surface area contributed by atoms with Crippen LogP contribution in [-0.2, 0) is 4.79 Å². The Morgan fingerprint density at radius 2 is 2.16 bits per heavy atom. The molecule has 3 heteroatoms. The van der Waals surface area contributed by atoms with Crippen LogP contribution in [0.3, 0.4) is 0 Å². The van der Waals surface area contributed by atoms with E-state index in [1.807, 2.05) is 35.2 Å². The van der Waals surface area contributed by atoms with Crippen molar-refractivity contribution in [1.29, 1.82) is 0 Å². The molecule has 1 saturated heterocycles. The minimum absolute atomic E-state index is 0.0942. The molecule has 2 aliphatic heterocycles. The van der Waals surface area contributed by atoms with Crippen LogP contribution in [-0.4, -0.2) is 22.9 Å². The zero-order valence-corrected chi connectivity index (χ0v) is 11.4. The summed E-state index contributed by atoms with van der Waals surface area (Å²) in [5.41, 5.74) is 0.886. The molecule has 2 bridgehead atoms. The molecule has 0 aromatic heterocycles. The van der Waals surface area contributed by atoms with Gasteiger partial charge in [-0.05, 0) is 37.0 Å². The number of fused-ring (bicyclic) bond motifs is 2. The lowest BCUT2D eigenvalue weighted by atomic mass is 10.1. The third kappa shape index (κ3) is 2.45. The molecule has 2 heterocycles. The standard InChI is InChI=1S/C16H16ClNO/c17-15-7-2-1-4-12(15)8-11-16(19)18-13-5-3-6-14(18)10-9-13/h1-5,7-8,11,13-14H,6,9-10H2. The van der Waals surface area contributed by atoms with Crippen LogP contribution in [0, 0.1) is 0 Å². The topological polar surface area (TPSA) is 20.3 Å². The molecule has 19 heavy (non-hydrogen) atoms. The van der Waals surface area contributed by atoms with Gasteiger partial charge in [-0.2, -0.15) is 0 Å². The molecule has 1 amide bonds. The van der Waals surface area contributed by atoms with Crippen LogP contribution in [0.1, 0.15) is 24.8 Å². The van der Waals surface area contributed by atoms with Crippen molar-refractivity contribution >= 4 is 23.6 Å². The molecule has 0 N–H and O–H groups in total. The van der Waals surface area contributed by atoms with E-state index in [1.165, 1.54) is 0 Å². The van der Waals surface area contributed by atoms with E-state index in [2.05, 4.69) is 12.2 Å². The summed E-state index contributed by atoms with van der Waals surface area (Å²) < 4.78 is 0. The van der Waals surface area contributed by atoms with E-state index < -0.39 is 0 Å². The van der Waals surface area contributed by atoms with Gasteiger partial charge in [0.25, 0.3) is 0 Å². The van der Waals surface area contributed by atoms with E-state index in [-0.39, 0.29) is 5.91 Å². The average Bonchev–Trinajstić information content (AvgIpc) is 2.67. The van der Waals surface area contributed by atoms with Crippen molar-refractivity contribution in [2.45, 2.75) is 31.3 Å². The summed E-state index contributed by atoms with van der Waals surface area (Å²) in [7, 11) is 0. The van der Waals surface area contributed by atoms with Gasteiger partial charge in [0.1, 0.15) is 0 Å². The highest BCUT2D eigenvalue weighted by Gasteiger charge is 2.35. The number of carbonyl (C=O) groups is 1. The third-order valence-corrected chi connectivity index (χ3v) is 4.22. The molecule has 0 spiro atoms. The van der Waals surface area contributed by atoms with Gasteiger partial charge in [0.15, 0.2) is 0 Å². The van der Waals surface area contributed by atoms with Crippen molar-refractivity contribution in [3.63, 3.8) is 0 Å². The van der Waals surface area contributed by atoms with Gasteiger partial charge in [0, 0.05) is 17.1 Å². The second kappa shape index (κ2) is 5.22. The number of benzene rings is 1. The number of carbonyl (C=O) groups excluding carboxylic acids is 1. The average molecular weight is 274 g/mol. The summed E-state index contributed by atoms with van der Waals surface area (Å²) in [5, 5.41) is 0.674. The molecule has 2 aliphatic rings. The zero-order chi connectivity index (χ0) is 13.2. The van der Waals surface area contributed by atoms with E-state index in [1.54, 1.807) is 6.08 Å². The van der Waals surface area contributed by atoms with Gasteiger partial charge in [-0.15, -0.1) is 0 Å². The van der Waals surface area contributed by atoms with Crippen molar-refractivity contribution in [2.75, 3.05) is 0 Å². The largest absolute Gasteiger partial charge is 0.329 e. The molecule has 0 saturated carbocycles. The summed E-state index contributed by atoms with van der Waals surface area (Å²) in [6, 6.07) is 8.23. The SMILES string of the molecule is O=C(C=Cc1ccccc1Cl)N1C2C=CCC1CC2. The lowest BCUT2D eigenvalue weighted by Gasteiger charge is -2.30. The van der Waals surface area contributed by atoms with E-state index in [0.717, 1.165) is 24.8 Å². The zero-order valence-electron chi connectivity index (χ0n) is 10.6. The van der Waals surface area contributed by atoms with Gasteiger partial charge >= 0.3 is 0 Å². The first kappa shape index (κ1) is 12.5. The Morgan fingerprint density at radius 3 is 2.95 bits per heavy atom. The lowest BCUT2D eigenvalue weighted by Crippen LogP contribution is -2.41. The van der Waals surface area contributed by atoms with Crippen LogP contribution in [0.15, 0.2) is 42.5 Å². The number of hydrogen-bond acceptors (Lipinski definition) is 1. The number of rotatable bonds is 2. The van der Waals surface area contributed by atoms with Crippen LogP contribution in [0.4, 0.5) is 0 Å². The van der Waals surface area contributed by atoms with Gasteiger partial charge in [-0.25, -0.2) is 0 Å². The molecule has 2 nitrogen and oxygen atoms in total. The summed E-state index contributed by atoms with van der Waals surface area (Å²) in [4.78, 5) is 14.3. The molecule has 0 radical (unpaired) electrons. The summed E-state index contributed by atoms with van der Waals surface area (Å²) in [6.07, 6.45) is 11.0. The van der Waals surface area contributed by atoms with Gasteiger partial charge in [-0.3, -0.25) is 4.79 Å². The van der Waals surface area contributed by atoms with Crippen molar-refractivity contribution in [3.8, 4) is 0 Å². The van der Waals surface area contributed by atoms with E-state index >= 15 is 0 Å². The van der Waals surface area contributed by atoms with Crippen molar-refractivity contribution in [3.05, 3.63) is 53.1 Å². The smallest absolute Gasteiger partial charge is 0.247 e. The van der Waals surface area contributed by atoms with Crippen LogP contribution >= 0.6 is 11.6 Å². The fourth-order valence-electron chi connectivity index (χ4n) is 2.93. The summed E-state index contributed by atoms with van der Waals surface area (Å²) in [6.45, 7) is 0. The predicted molar refractivity (Wildman–Crippen MR) is 77.9 cm³/mol. The van der Waals surface area contributed by atoms with Gasteiger partial charge in [0.05, 0.1) is 6.04 Å². The lowest BCUT2D eigenvalue weighted by molar-refractivity contribution is -0.128. The van der Waals surface area contributed by atoms with Crippen LogP contribution in [0.2, 0.25) is 5.02 Å². The van der Waals surface area contributed by atoms with Crippen molar-refractivity contribution in [2.24, 2.45) is 0 Å². The fraction of sp³-hybridized carbons (Fsp3) is 0.312. The van der Waals surface area contributed by atoms with Crippen LogP contribution in [0.5, 0.6) is 0 Å². The number of amides is 1. The fourth-order valence-corrected chi connectivity index (χ4v) is 3.12. The first-order chi connectivity index (χ1) is 9.25. The first-order valence-electron chi connectivity index (χ1n) is 6.67. The molecular formula is C16H16ClNO. The number of nitrogens with zero attached hydrogens (tertiary/aromatic N) is 1. The molecule has 0 aliphatic carbocycles. The van der Waals surface area contributed by atoms with Crippen molar-refractivity contribution < 1.29 is 4.79 Å². The van der Waals surface area contributed by atoms with Crippen LogP contribution in [0.25, 0.3) is 6.08 Å². The van der Waals surface area contributed by atoms with E-state index in [4.69, 9.17) is 11.6 Å². The molecular weight excluding hydrogens is 258 g/mol. The molecule has 1 aromatic rings. The molecule has 1 fully saturated rings. The molecule has 2 atom stereocenters. The minimum atomic E-state index is 0.0942. The Bertz CT molecular complexity index is 549. The normalized spacial score (nSPS) is 25.2. The van der Waals surface area contributed by atoms with Crippen molar-refractivity contribution in [1.82, 2.24) is 4.90 Å². The Morgan fingerprint density at radius 1 is 1.32 bits per heavy atom. The Kier molecular flexibility index (Phi) is 3.43. The number of hydrogen-bond donors (Lipinski definition) is 0. The Labute approximate surface area is 118 Å². The molecule has 98 valence electrons. The van der Waals surface area contributed by atoms with Gasteiger partial charge in [0.2, 0.25) is 5.91 Å². The van der Waals surface area contributed by atoms with Gasteiger partial charge < -0.3 is 4.90 Å². The van der Waals surface area contributed by atoms with E-state index in [0.29, 0.717) is 17.1 Å². The second-order valence-electron chi connectivity index (χ2n) is 5.06. The highest BCUT2D eigenvalue weighted by Crippen LogP contribution is 2.31. The van der Waals surface area contributed by atoms with Gasteiger partial charge in [-0.1, -0.05) is 42.0 Å². The quantitative estimate of drug-likeness (QED) is 0.595. The highest BCUT2D eigenvalue weighted by atomic mass is 35.5. The maximum atomic E-state index is 12.3. The van der Waals surface area contributed by atoms with E-state index in [9.17, 15) is 4.79 Å². The monoisotopic (exact) mass is 273 g/mol. The van der Waals surface area contributed by atoms with Crippen LogP contribution < -0.4 is 0 Å². The minimum Gasteiger partial charge on any atom is -0.329 e. The number of halogens is 1. The molecule has 2 unspecified atom stereocenters. The third-order valence-electron chi connectivity index (χ3n) is 3.88. The maximum Gasteiger partial charge on any atom is 0.247 e. The second-order valence-corrected chi connectivity index (χ2v) is 5.47. The summed E-state index contributed by atoms with van der Waals surface area (Å²) >= 11 is 6.08. The highest BCUT2D eigenvalue weighted by molar-refractivity contribution is 6.32.